The minimum Gasteiger partial charge on any atom is -0.460 e. The predicted molar refractivity (Wildman–Crippen MR) is 122 cm³/mol. The molecule has 1 aromatic carbocycles. The van der Waals surface area contributed by atoms with Crippen molar-refractivity contribution in [1.82, 2.24) is 30.0 Å². The van der Waals surface area contributed by atoms with Crippen LogP contribution in [-0.4, -0.2) is 57.2 Å². The lowest BCUT2D eigenvalue weighted by molar-refractivity contribution is 0.425. The third-order valence-corrected chi connectivity index (χ3v) is 5.11. The van der Waals surface area contributed by atoms with E-state index >= 15 is 0 Å². The number of likely N-dealkylation sites (N-methyl/N-ethyl adjacent to an activating group) is 1. The van der Waals surface area contributed by atoms with Crippen LogP contribution >= 0.6 is 11.8 Å². The van der Waals surface area contributed by atoms with Crippen LogP contribution in [0.4, 0.5) is 17.7 Å². The van der Waals surface area contributed by atoms with Gasteiger partial charge in [-0.2, -0.15) is 20.1 Å². The zero-order valence-corrected chi connectivity index (χ0v) is 18.4. The number of nitrogens with one attached hydrogen (secondary N) is 3. The molecule has 0 atom stereocenters. The summed E-state index contributed by atoms with van der Waals surface area (Å²) in [5.41, 5.74) is 0.771. The quantitative estimate of drug-likeness (QED) is 0.358. The molecule has 0 fully saturated rings. The first-order chi connectivity index (χ1) is 15.0. The summed E-state index contributed by atoms with van der Waals surface area (Å²) in [4.78, 5) is 16.7. The SMILES string of the molecule is Cc1ccc(-c2cc(Nc3nc(NCCN(C)C)nc(Sc4ccccc4)n3)n[nH]2)o1. The number of aryl methyl sites for hydroxylation is 1. The van der Waals surface area contributed by atoms with E-state index < -0.39 is 0 Å². The maximum Gasteiger partial charge on any atom is 0.234 e. The average molecular weight is 437 g/mol. The second-order valence-electron chi connectivity index (χ2n) is 7.11. The fourth-order valence-electron chi connectivity index (χ4n) is 2.73. The minimum atomic E-state index is 0.412. The minimum absolute atomic E-state index is 0.412. The zero-order valence-electron chi connectivity index (χ0n) is 17.6. The molecule has 0 amide bonds. The van der Waals surface area contributed by atoms with Crippen LogP contribution in [0.1, 0.15) is 5.76 Å². The first kappa shape index (κ1) is 20.9. The number of hydrogen-bond acceptors (Lipinski definition) is 9. The molecule has 10 heteroatoms. The number of anilines is 3. The molecule has 9 nitrogen and oxygen atoms in total. The van der Waals surface area contributed by atoms with Gasteiger partial charge in [0.05, 0.1) is 0 Å². The maximum atomic E-state index is 5.64. The van der Waals surface area contributed by atoms with Gasteiger partial charge >= 0.3 is 0 Å². The summed E-state index contributed by atoms with van der Waals surface area (Å²) in [6.45, 7) is 3.48. The lowest BCUT2D eigenvalue weighted by Crippen LogP contribution is -2.21. The van der Waals surface area contributed by atoms with Gasteiger partial charge in [0.25, 0.3) is 0 Å². The van der Waals surface area contributed by atoms with Gasteiger partial charge in [-0.3, -0.25) is 5.10 Å². The molecule has 4 aromatic rings. The van der Waals surface area contributed by atoms with Crippen LogP contribution in [0.15, 0.2) is 63.0 Å². The van der Waals surface area contributed by atoms with Gasteiger partial charge in [0.2, 0.25) is 11.9 Å². The fourth-order valence-corrected chi connectivity index (χ4v) is 3.50. The normalized spacial score (nSPS) is 11.1. The number of H-pyrrole nitrogens is 1. The molecule has 0 aliphatic carbocycles. The summed E-state index contributed by atoms with van der Waals surface area (Å²) in [7, 11) is 4.04. The predicted octanol–water partition coefficient (Wildman–Crippen LogP) is 4.03. The van der Waals surface area contributed by atoms with Crippen molar-refractivity contribution in [2.45, 2.75) is 17.0 Å². The van der Waals surface area contributed by atoms with Crippen molar-refractivity contribution in [2.75, 3.05) is 37.8 Å². The Labute approximate surface area is 184 Å². The Morgan fingerprint density at radius 2 is 1.84 bits per heavy atom. The molecule has 3 aromatic heterocycles. The van der Waals surface area contributed by atoms with Crippen LogP contribution in [0.3, 0.4) is 0 Å². The molecule has 4 rings (SSSR count). The summed E-state index contributed by atoms with van der Waals surface area (Å²) in [6.07, 6.45) is 0. The molecular formula is C21H24N8OS. The van der Waals surface area contributed by atoms with E-state index in [1.165, 1.54) is 11.8 Å². The van der Waals surface area contributed by atoms with Gasteiger partial charge in [0.15, 0.2) is 16.7 Å². The summed E-state index contributed by atoms with van der Waals surface area (Å²) in [6, 6.07) is 15.7. The third kappa shape index (κ3) is 5.83. The number of aromatic amines is 1. The zero-order chi connectivity index (χ0) is 21.6. The number of hydrogen-bond donors (Lipinski definition) is 3. The first-order valence-electron chi connectivity index (χ1n) is 9.82. The van der Waals surface area contributed by atoms with Gasteiger partial charge in [0.1, 0.15) is 11.5 Å². The molecule has 0 aliphatic heterocycles. The van der Waals surface area contributed by atoms with Crippen molar-refractivity contribution in [2.24, 2.45) is 0 Å². The first-order valence-corrected chi connectivity index (χ1v) is 10.6. The molecule has 0 aliphatic rings. The second-order valence-corrected chi connectivity index (χ2v) is 8.15. The van der Waals surface area contributed by atoms with Crippen LogP contribution in [0.25, 0.3) is 11.5 Å². The van der Waals surface area contributed by atoms with Crippen molar-refractivity contribution >= 4 is 29.5 Å². The lowest BCUT2D eigenvalue weighted by Gasteiger charge is -2.12. The van der Waals surface area contributed by atoms with E-state index in [9.17, 15) is 0 Å². The van der Waals surface area contributed by atoms with E-state index in [0.29, 0.717) is 22.9 Å². The van der Waals surface area contributed by atoms with E-state index in [0.717, 1.165) is 35.2 Å². The Hall–Kier alpha value is -3.37. The van der Waals surface area contributed by atoms with E-state index in [4.69, 9.17) is 4.42 Å². The lowest BCUT2D eigenvalue weighted by atomic mass is 10.3. The van der Waals surface area contributed by atoms with Crippen LogP contribution in [-0.2, 0) is 0 Å². The summed E-state index contributed by atoms with van der Waals surface area (Å²) < 4.78 is 5.64. The standard InChI is InChI=1S/C21H24N8OS/c1-14-9-10-17(30-14)16-13-18(28-27-16)23-20-24-19(22-11-12-29(2)3)25-21(26-20)31-15-7-5-4-6-8-15/h4-10,13H,11-12H2,1-3H3,(H3,22,23,24,25,26,27,28). The summed E-state index contributed by atoms with van der Waals surface area (Å²) in [5, 5.41) is 14.3. The fraction of sp³-hybridized carbons (Fsp3) is 0.238. The highest BCUT2D eigenvalue weighted by molar-refractivity contribution is 7.99. The third-order valence-electron chi connectivity index (χ3n) is 4.23. The molecule has 160 valence electrons. The van der Waals surface area contributed by atoms with Crippen molar-refractivity contribution in [3.05, 3.63) is 54.3 Å². The molecule has 0 unspecified atom stereocenters. The number of benzene rings is 1. The smallest absolute Gasteiger partial charge is 0.234 e. The molecule has 31 heavy (non-hydrogen) atoms. The molecular weight excluding hydrogens is 412 g/mol. The molecule has 0 saturated carbocycles. The molecule has 0 saturated heterocycles. The second kappa shape index (κ2) is 9.63. The topological polar surface area (TPSA) is 108 Å². The molecule has 3 heterocycles. The van der Waals surface area contributed by atoms with Crippen LogP contribution in [0.2, 0.25) is 0 Å². The Morgan fingerprint density at radius 3 is 2.58 bits per heavy atom. The van der Waals surface area contributed by atoms with E-state index in [2.05, 4.69) is 40.7 Å². The number of nitrogens with zero attached hydrogens (tertiary/aromatic N) is 5. The number of furan rings is 1. The van der Waals surface area contributed by atoms with Crippen molar-refractivity contribution in [3.8, 4) is 11.5 Å². The molecule has 0 spiro atoms. The monoisotopic (exact) mass is 436 g/mol. The van der Waals surface area contributed by atoms with Gasteiger partial charge < -0.3 is 20.0 Å². The van der Waals surface area contributed by atoms with E-state index in [1.807, 2.05) is 69.6 Å². The Kier molecular flexibility index (Phi) is 6.48. The summed E-state index contributed by atoms with van der Waals surface area (Å²) in [5.74, 6) is 3.07. The van der Waals surface area contributed by atoms with E-state index in [1.54, 1.807) is 0 Å². The van der Waals surface area contributed by atoms with Gasteiger partial charge in [-0.1, -0.05) is 18.2 Å². The van der Waals surface area contributed by atoms with Crippen molar-refractivity contribution in [1.29, 1.82) is 0 Å². The van der Waals surface area contributed by atoms with E-state index in [-0.39, 0.29) is 0 Å². The van der Waals surface area contributed by atoms with Crippen molar-refractivity contribution < 1.29 is 4.42 Å². The van der Waals surface area contributed by atoms with Crippen molar-refractivity contribution in [3.63, 3.8) is 0 Å². The largest absolute Gasteiger partial charge is 0.460 e. The molecule has 0 bridgehead atoms. The number of aromatic nitrogens is 5. The van der Waals surface area contributed by atoms with Gasteiger partial charge in [-0.05, 0) is 57.0 Å². The van der Waals surface area contributed by atoms with Crippen LogP contribution in [0.5, 0.6) is 0 Å². The van der Waals surface area contributed by atoms with Gasteiger partial charge in [-0.25, -0.2) is 0 Å². The highest BCUT2D eigenvalue weighted by Crippen LogP contribution is 2.27. The highest BCUT2D eigenvalue weighted by Gasteiger charge is 2.12. The average Bonchev–Trinajstić information content (AvgIpc) is 3.37. The maximum absolute atomic E-state index is 5.64. The Morgan fingerprint density at radius 1 is 1.03 bits per heavy atom. The van der Waals surface area contributed by atoms with Gasteiger partial charge in [-0.15, -0.1) is 0 Å². The summed E-state index contributed by atoms with van der Waals surface area (Å²) >= 11 is 1.48. The Balaban J connectivity index is 1.55. The molecule has 3 N–H and O–H groups in total. The Bertz CT molecular complexity index is 1130. The van der Waals surface area contributed by atoms with Gasteiger partial charge in [0, 0.05) is 24.1 Å². The highest BCUT2D eigenvalue weighted by atomic mass is 32.2. The van der Waals surface area contributed by atoms with Crippen LogP contribution < -0.4 is 10.6 Å². The molecule has 0 radical (unpaired) electrons. The number of rotatable bonds is 9. The van der Waals surface area contributed by atoms with Crippen LogP contribution in [0, 0.1) is 6.92 Å².